The second-order valence-corrected chi connectivity index (χ2v) is 13.5. The van der Waals surface area contributed by atoms with Crippen LogP contribution in [0.4, 0.5) is 0 Å². The van der Waals surface area contributed by atoms with E-state index < -0.39 is 8.32 Å². The molecule has 0 saturated heterocycles. The number of rotatable bonds is 11. The van der Waals surface area contributed by atoms with Crippen LogP contribution in [0.25, 0.3) is 0 Å². The fourth-order valence-corrected chi connectivity index (χ4v) is 8.57. The Bertz CT molecular complexity index is 745. The Morgan fingerprint density at radius 3 is 1.93 bits per heavy atom. The maximum Gasteiger partial charge on any atom is 0.261 e. The van der Waals surface area contributed by atoms with Crippen LogP contribution in [0.3, 0.4) is 0 Å². The van der Waals surface area contributed by atoms with Crippen LogP contribution in [0.2, 0.25) is 5.04 Å². The first-order valence-electron chi connectivity index (χ1n) is 11.5. The Balaban J connectivity index is 2.22. The van der Waals surface area contributed by atoms with Crippen molar-refractivity contribution in [3.63, 3.8) is 0 Å². The summed E-state index contributed by atoms with van der Waals surface area (Å²) in [7, 11) is -2.44. The van der Waals surface area contributed by atoms with Crippen molar-refractivity contribution in [2.45, 2.75) is 71.8 Å². The predicted molar refractivity (Wildman–Crippen MR) is 135 cm³/mol. The lowest BCUT2D eigenvalue weighted by molar-refractivity contribution is 0.339. The van der Waals surface area contributed by atoms with Gasteiger partial charge in [-0.2, -0.15) is 0 Å². The molecule has 0 heterocycles. The number of benzene rings is 2. The van der Waals surface area contributed by atoms with Crippen LogP contribution in [-0.4, -0.2) is 14.9 Å². The molecule has 0 aliphatic rings. The summed E-state index contributed by atoms with van der Waals surface area (Å²) >= 11 is 0. The SMILES string of the molecule is CCCCCC/C=C/C(C)=C\CO[Si](c1ccccc1)(c1ccccc1)C(C)(C)C. The Morgan fingerprint density at radius 1 is 0.867 bits per heavy atom. The molecular formula is C28H40OSi. The van der Waals surface area contributed by atoms with Crippen LogP contribution in [-0.2, 0) is 4.43 Å². The van der Waals surface area contributed by atoms with E-state index in [1.807, 2.05) is 0 Å². The lowest BCUT2D eigenvalue weighted by Crippen LogP contribution is -2.66. The van der Waals surface area contributed by atoms with Crippen LogP contribution in [0.5, 0.6) is 0 Å². The molecule has 0 amide bonds. The van der Waals surface area contributed by atoms with Gasteiger partial charge in [-0.05, 0) is 35.2 Å². The molecule has 0 N–H and O–H groups in total. The van der Waals surface area contributed by atoms with Crippen molar-refractivity contribution in [1.82, 2.24) is 0 Å². The van der Waals surface area contributed by atoms with Crippen LogP contribution < -0.4 is 10.4 Å². The van der Waals surface area contributed by atoms with E-state index in [-0.39, 0.29) is 5.04 Å². The van der Waals surface area contributed by atoms with Gasteiger partial charge < -0.3 is 4.43 Å². The first kappa shape index (κ1) is 24.4. The topological polar surface area (TPSA) is 9.23 Å². The molecule has 0 spiro atoms. The summed E-state index contributed by atoms with van der Waals surface area (Å²) in [5, 5.41) is 2.69. The fraction of sp³-hybridized carbons (Fsp3) is 0.429. The summed E-state index contributed by atoms with van der Waals surface area (Å²) in [6.45, 7) is 12.1. The van der Waals surface area contributed by atoms with E-state index in [9.17, 15) is 0 Å². The first-order valence-corrected chi connectivity index (χ1v) is 13.4. The minimum absolute atomic E-state index is 0.0204. The number of allylic oxidation sites excluding steroid dienone is 3. The molecule has 0 bridgehead atoms. The van der Waals surface area contributed by atoms with Crippen LogP contribution in [0.15, 0.2) is 84.5 Å². The Kier molecular flexibility index (Phi) is 9.81. The lowest BCUT2D eigenvalue weighted by atomic mass is 10.1. The lowest BCUT2D eigenvalue weighted by Gasteiger charge is -2.42. The van der Waals surface area contributed by atoms with E-state index in [2.05, 4.69) is 114 Å². The third-order valence-corrected chi connectivity index (χ3v) is 10.7. The van der Waals surface area contributed by atoms with Gasteiger partial charge in [0.15, 0.2) is 0 Å². The largest absolute Gasteiger partial charge is 0.404 e. The predicted octanol–water partition coefficient (Wildman–Crippen LogP) is 7.04. The van der Waals surface area contributed by atoms with Gasteiger partial charge in [0.2, 0.25) is 0 Å². The molecule has 0 aliphatic carbocycles. The summed E-state index contributed by atoms with van der Waals surface area (Å²) in [5.41, 5.74) is 1.28. The highest BCUT2D eigenvalue weighted by molar-refractivity contribution is 6.99. The second-order valence-electron chi connectivity index (χ2n) is 9.17. The molecule has 0 saturated carbocycles. The highest BCUT2D eigenvalue weighted by Crippen LogP contribution is 2.36. The summed E-state index contributed by atoms with van der Waals surface area (Å²) in [5.74, 6) is 0. The van der Waals surface area contributed by atoms with Crippen molar-refractivity contribution in [3.05, 3.63) is 84.5 Å². The second kappa shape index (κ2) is 12.1. The zero-order valence-electron chi connectivity index (χ0n) is 19.7. The molecule has 1 nitrogen and oxygen atoms in total. The van der Waals surface area contributed by atoms with Gasteiger partial charge in [0.1, 0.15) is 0 Å². The normalized spacial score (nSPS) is 13.2. The highest BCUT2D eigenvalue weighted by Gasteiger charge is 2.49. The summed E-state index contributed by atoms with van der Waals surface area (Å²) in [6.07, 6.45) is 13.2. The summed E-state index contributed by atoms with van der Waals surface area (Å²) < 4.78 is 6.92. The number of unbranched alkanes of at least 4 members (excludes halogenated alkanes) is 4. The van der Waals surface area contributed by atoms with E-state index in [1.54, 1.807) is 0 Å². The quantitative estimate of drug-likeness (QED) is 0.215. The maximum atomic E-state index is 6.92. The van der Waals surface area contributed by atoms with E-state index in [4.69, 9.17) is 4.43 Å². The van der Waals surface area contributed by atoms with E-state index in [0.29, 0.717) is 6.61 Å². The minimum Gasteiger partial charge on any atom is -0.404 e. The molecule has 2 rings (SSSR count). The van der Waals surface area contributed by atoms with Gasteiger partial charge in [-0.3, -0.25) is 0 Å². The van der Waals surface area contributed by atoms with Crippen molar-refractivity contribution in [2.24, 2.45) is 0 Å². The molecule has 0 fully saturated rings. The van der Waals surface area contributed by atoms with Gasteiger partial charge in [0.05, 0.1) is 6.61 Å². The molecule has 0 unspecified atom stereocenters. The molecule has 2 aromatic rings. The van der Waals surface area contributed by atoms with Crippen molar-refractivity contribution in [1.29, 1.82) is 0 Å². The first-order chi connectivity index (χ1) is 14.4. The monoisotopic (exact) mass is 420 g/mol. The van der Waals surface area contributed by atoms with Crippen molar-refractivity contribution >= 4 is 18.7 Å². The molecule has 30 heavy (non-hydrogen) atoms. The van der Waals surface area contributed by atoms with Gasteiger partial charge in [0.25, 0.3) is 8.32 Å². The Morgan fingerprint density at radius 2 is 1.43 bits per heavy atom. The smallest absolute Gasteiger partial charge is 0.261 e. The highest BCUT2D eigenvalue weighted by atomic mass is 28.4. The molecule has 2 aromatic carbocycles. The van der Waals surface area contributed by atoms with Crippen molar-refractivity contribution in [2.75, 3.05) is 6.61 Å². The van der Waals surface area contributed by atoms with Gasteiger partial charge in [0, 0.05) is 0 Å². The molecule has 0 atom stereocenters. The summed E-state index contributed by atoms with van der Waals surface area (Å²) in [4.78, 5) is 0. The molecule has 0 radical (unpaired) electrons. The van der Waals surface area contributed by atoms with E-state index >= 15 is 0 Å². The fourth-order valence-electron chi connectivity index (χ4n) is 4.09. The zero-order chi connectivity index (χ0) is 21.9. The molecule has 0 aromatic heterocycles. The third kappa shape index (κ3) is 6.55. The molecule has 162 valence electrons. The van der Waals surface area contributed by atoms with Gasteiger partial charge in [-0.25, -0.2) is 0 Å². The third-order valence-electron chi connectivity index (χ3n) is 5.73. The average molecular weight is 421 g/mol. The molecule has 2 heteroatoms. The standard InChI is InChI=1S/C28H40OSi/c1-6-7-8-9-10-13-18-25(2)23-24-29-30(28(3,4)5,26-19-14-11-15-20-26)27-21-16-12-17-22-27/h11-23H,6-10,24H2,1-5H3/b18-13+,25-23-. The van der Waals surface area contributed by atoms with Crippen LogP contribution >= 0.6 is 0 Å². The van der Waals surface area contributed by atoms with Gasteiger partial charge >= 0.3 is 0 Å². The maximum absolute atomic E-state index is 6.92. The van der Waals surface area contributed by atoms with Crippen molar-refractivity contribution < 1.29 is 4.43 Å². The molecule has 0 aliphatic heterocycles. The number of hydrogen-bond acceptors (Lipinski definition) is 1. The number of hydrogen-bond donors (Lipinski definition) is 0. The minimum atomic E-state index is -2.44. The van der Waals surface area contributed by atoms with E-state index in [0.717, 1.165) is 0 Å². The zero-order valence-corrected chi connectivity index (χ0v) is 20.7. The van der Waals surface area contributed by atoms with Crippen molar-refractivity contribution in [3.8, 4) is 0 Å². The van der Waals surface area contributed by atoms with Gasteiger partial charge in [-0.1, -0.05) is 131 Å². The van der Waals surface area contributed by atoms with Crippen LogP contribution in [0.1, 0.15) is 66.7 Å². The van der Waals surface area contributed by atoms with E-state index in [1.165, 1.54) is 48.1 Å². The Labute approximate surface area is 186 Å². The Hall–Kier alpha value is -1.90. The average Bonchev–Trinajstić information content (AvgIpc) is 2.74. The van der Waals surface area contributed by atoms with Gasteiger partial charge in [-0.15, -0.1) is 0 Å². The summed E-state index contributed by atoms with van der Waals surface area (Å²) in [6, 6.07) is 21.7. The molecular weight excluding hydrogens is 380 g/mol. The van der Waals surface area contributed by atoms with Crippen LogP contribution in [0, 0.1) is 0 Å².